The fraction of sp³-hybridized carbons (Fsp3) is 0.692. The highest BCUT2D eigenvalue weighted by Gasteiger charge is 2.50. The molecule has 0 aromatic heterocycles. The molecule has 162 valence electrons. The predicted octanol–water partition coefficient (Wildman–Crippen LogP) is 5.09. The smallest absolute Gasteiger partial charge is 0.0809 e. The zero-order valence-electron chi connectivity index (χ0n) is 18.5. The van der Waals surface area contributed by atoms with Crippen LogP contribution in [-0.2, 0) is 0 Å². The molecule has 3 rings (SSSR count). The van der Waals surface area contributed by atoms with Crippen LogP contribution in [-0.4, -0.2) is 33.6 Å². The Bertz CT molecular complexity index is 670. The molecule has 29 heavy (non-hydrogen) atoms. The Kier molecular flexibility index (Phi) is 7.24. The summed E-state index contributed by atoms with van der Waals surface area (Å²) in [6.07, 6.45) is 15.6. The lowest BCUT2D eigenvalue weighted by Gasteiger charge is -2.44. The van der Waals surface area contributed by atoms with Crippen molar-refractivity contribution in [3.63, 3.8) is 0 Å². The Morgan fingerprint density at radius 2 is 1.83 bits per heavy atom. The first-order valence-corrected chi connectivity index (χ1v) is 11.5. The third kappa shape index (κ3) is 4.95. The standard InChI is InChI=1S/C26H40O3/c1-17(7-5-8-18(2)27)22-12-13-23-21(9-6-14-26(22,23)4)11-10-20-15-24(28)19(3)25(29)16-20/h5,7,10-11,17-18,22-25,27-29H,3,6,8-9,12-16H2,1-2,4H3/b7-5+,21-11+/t17-,18-,22?,23?,24+,25+,26?/m0/s1. The normalized spacial score (nSPS) is 39.0. The second-order valence-corrected chi connectivity index (χ2v) is 10.0. The van der Waals surface area contributed by atoms with Crippen molar-refractivity contribution in [3.8, 4) is 0 Å². The topological polar surface area (TPSA) is 60.7 Å². The first-order valence-electron chi connectivity index (χ1n) is 11.5. The lowest BCUT2D eigenvalue weighted by Crippen LogP contribution is -2.35. The van der Waals surface area contributed by atoms with E-state index in [4.69, 9.17) is 0 Å². The average Bonchev–Trinajstić information content (AvgIpc) is 3.01. The van der Waals surface area contributed by atoms with Crippen LogP contribution in [0, 0.1) is 23.2 Å². The first-order chi connectivity index (χ1) is 13.7. The van der Waals surface area contributed by atoms with E-state index in [9.17, 15) is 15.3 Å². The molecule has 0 aromatic rings. The number of allylic oxidation sites excluding steroid dienone is 4. The van der Waals surface area contributed by atoms with Crippen molar-refractivity contribution in [3.05, 3.63) is 47.6 Å². The van der Waals surface area contributed by atoms with Crippen LogP contribution in [0.5, 0.6) is 0 Å². The summed E-state index contributed by atoms with van der Waals surface area (Å²) in [4.78, 5) is 0. The summed E-state index contributed by atoms with van der Waals surface area (Å²) in [7, 11) is 0. The fourth-order valence-corrected chi connectivity index (χ4v) is 6.19. The monoisotopic (exact) mass is 400 g/mol. The van der Waals surface area contributed by atoms with Gasteiger partial charge in [0.15, 0.2) is 0 Å². The van der Waals surface area contributed by atoms with E-state index in [-0.39, 0.29) is 6.10 Å². The van der Waals surface area contributed by atoms with Crippen LogP contribution in [0.1, 0.15) is 72.1 Å². The minimum absolute atomic E-state index is 0.267. The molecule has 0 bridgehead atoms. The number of rotatable bonds is 5. The van der Waals surface area contributed by atoms with E-state index in [2.05, 4.69) is 44.7 Å². The Balaban J connectivity index is 1.72. The van der Waals surface area contributed by atoms with Crippen LogP contribution < -0.4 is 0 Å². The molecule has 3 aliphatic carbocycles. The van der Waals surface area contributed by atoms with E-state index in [1.165, 1.54) is 32.1 Å². The molecule has 3 aliphatic rings. The zero-order valence-corrected chi connectivity index (χ0v) is 18.5. The van der Waals surface area contributed by atoms with Gasteiger partial charge in [0.25, 0.3) is 0 Å². The van der Waals surface area contributed by atoms with Gasteiger partial charge in [-0.1, -0.05) is 55.9 Å². The molecule has 0 spiro atoms. The molecule has 3 fully saturated rings. The maximum absolute atomic E-state index is 10.1. The number of hydrogen-bond donors (Lipinski definition) is 3. The molecule has 0 saturated heterocycles. The zero-order chi connectivity index (χ0) is 21.2. The fourth-order valence-electron chi connectivity index (χ4n) is 6.19. The summed E-state index contributed by atoms with van der Waals surface area (Å²) in [5.74, 6) is 1.87. The van der Waals surface area contributed by atoms with Gasteiger partial charge in [-0.3, -0.25) is 0 Å². The summed E-state index contributed by atoms with van der Waals surface area (Å²) in [6, 6.07) is 0. The summed E-state index contributed by atoms with van der Waals surface area (Å²) in [5.41, 5.74) is 3.58. The highest BCUT2D eigenvalue weighted by molar-refractivity contribution is 5.29. The Morgan fingerprint density at radius 3 is 2.48 bits per heavy atom. The maximum Gasteiger partial charge on any atom is 0.0809 e. The van der Waals surface area contributed by atoms with Gasteiger partial charge in [0.05, 0.1) is 18.3 Å². The largest absolute Gasteiger partial charge is 0.393 e. The van der Waals surface area contributed by atoms with Gasteiger partial charge in [-0.2, -0.15) is 0 Å². The molecule has 0 radical (unpaired) electrons. The molecule has 3 heteroatoms. The third-order valence-corrected chi connectivity index (χ3v) is 7.89. The Hall–Kier alpha value is -1.16. The Morgan fingerprint density at radius 1 is 1.14 bits per heavy atom. The molecule has 3 unspecified atom stereocenters. The second-order valence-electron chi connectivity index (χ2n) is 10.0. The lowest BCUT2D eigenvalue weighted by atomic mass is 9.61. The number of hydrogen-bond acceptors (Lipinski definition) is 3. The van der Waals surface area contributed by atoms with Gasteiger partial charge in [0.2, 0.25) is 0 Å². The van der Waals surface area contributed by atoms with E-state index in [0.717, 1.165) is 12.0 Å². The molecule has 3 saturated carbocycles. The first kappa shape index (κ1) is 22.5. The molecule has 0 heterocycles. The molecule has 0 amide bonds. The van der Waals surface area contributed by atoms with Crippen molar-refractivity contribution in [2.24, 2.45) is 23.2 Å². The van der Waals surface area contributed by atoms with Gasteiger partial charge in [-0.05, 0) is 87.0 Å². The number of aliphatic hydroxyl groups is 3. The Labute approximate surface area is 176 Å². The van der Waals surface area contributed by atoms with Crippen LogP contribution in [0.25, 0.3) is 0 Å². The summed E-state index contributed by atoms with van der Waals surface area (Å²) < 4.78 is 0. The van der Waals surface area contributed by atoms with Crippen molar-refractivity contribution in [1.29, 1.82) is 0 Å². The van der Waals surface area contributed by atoms with Crippen LogP contribution in [0.15, 0.2) is 47.6 Å². The van der Waals surface area contributed by atoms with Crippen molar-refractivity contribution in [1.82, 2.24) is 0 Å². The molecule has 3 N–H and O–H groups in total. The van der Waals surface area contributed by atoms with Gasteiger partial charge < -0.3 is 15.3 Å². The van der Waals surface area contributed by atoms with Crippen LogP contribution in [0.2, 0.25) is 0 Å². The minimum atomic E-state index is -0.620. The van der Waals surface area contributed by atoms with E-state index in [0.29, 0.717) is 41.6 Å². The van der Waals surface area contributed by atoms with E-state index >= 15 is 0 Å². The van der Waals surface area contributed by atoms with Gasteiger partial charge >= 0.3 is 0 Å². The van der Waals surface area contributed by atoms with Crippen molar-refractivity contribution in [2.75, 3.05) is 0 Å². The van der Waals surface area contributed by atoms with E-state index in [1.54, 1.807) is 5.57 Å². The van der Waals surface area contributed by atoms with Crippen LogP contribution in [0.3, 0.4) is 0 Å². The van der Waals surface area contributed by atoms with E-state index < -0.39 is 12.2 Å². The van der Waals surface area contributed by atoms with E-state index in [1.807, 2.05) is 6.92 Å². The van der Waals surface area contributed by atoms with Crippen LogP contribution in [0.4, 0.5) is 0 Å². The molecule has 0 aromatic carbocycles. The molecule has 3 nitrogen and oxygen atoms in total. The molecular weight excluding hydrogens is 360 g/mol. The highest BCUT2D eigenvalue weighted by Crippen LogP contribution is 2.59. The van der Waals surface area contributed by atoms with Gasteiger partial charge in [-0.25, -0.2) is 0 Å². The lowest BCUT2D eigenvalue weighted by molar-refractivity contribution is 0.112. The number of fused-ring (bicyclic) bond motifs is 1. The predicted molar refractivity (Wildman–Crippen MR) is 119 cm³/mol. The third-order valence-electron chi connectivity index (χ3n) is 7.89. The van der Waals surface area contributed by atoms with Gasteiger partial charge in [0.1, 0.15) is 0 Å². The second kappa shape index (κ2) is 9.32. The molecule has 0 aliphatic heterocycles. The van der Waals surface area contributed by atoms with Crippen molar-refractivity contribution in [2.45, 2.75) is 90.4 Å². The highest BCUT2D eigenvalue weighted by atomic mass is 16.3. The summed E-state index contributed by atoms with van der Waals surface area (Å²) in [6.45, 7) is 10.5. The number of aliphatic hydroxyl groups excluding tert-OH is 3. The van der Waals surface area contributed by atoms with Crippen molar-refractivity contribution >= 4 is 0 Å². The maximum atomic E-state index is 10.1. The quantitative estimate of drug-likeness (QED) is 0.563. The average molecular weight is 401 g/mol. The minimum Gasteiger partial charge on any atom is -0.393 e. The van der Waals surface area contributed by atoms with Crippen molar-refractivity contribution < 1.29 is 15.3 Å². The summed E-state index contributed by atoms with van der Waals surface area (Å²) in [5, 5.41) is 29.7. The SMILES string of the molecule is C=C1[C@H](O)CC(=C/C=C2\CCCC3(C)C2CCC3[C@@H](C)/C=C/C[C@H](C)O)C[C@H]1O. The molecular formula is C26H40O3. The van der Waals surface area contributed by atoms with Crippen LogP contribution >= 0.6 is 0 Å². The van der Waals surface area contributed by atoms with Gasteiger partial charge in [0, 0.05) is 0 Å². The summed E-state index contributed by atoms with van der Waals surface area (Å²) >= 11 is 0. The molecule has 7 atom stereocenters. The van der Waals surface area contributed by atoms with Gasteiger partial charge in [-0.15, -0.1) is 0 Å².